The molecule has 0 bridgehead atoms. The van der Waals surface area contributed by atoms with Crippen LogP contribution in [-0.2, 0) is 19.2 Å². The van der Waals surface area contributed by atoms with E-state index in [1.165, 1.54) is 12.2 Å². The highest BCUT2D eigenvalue weighted by atomic mass is 35.5. The summed E-state index contributed by atoms with van der Waals surface area (Å²) in [6, 6.07) is 3.58. The molecule has 1 aromatic rings. The molecule has 7 nitrogen and oxygen atoms in total. The number of ether oxygens (including phenoxy) is 1. The summed E-state index contributed by atoms with van der Waals surface area (Å²) in [5.41, 5.74) is 1.68. The highest BCUT2D eigenvalue weighted by molar-refractivity contribution is 6.31. The maximum atomic E-state index is 13.3. The zero-order chi connectivity index (χ0) is 19.8. The van der Waals surface area contributed by atoms with Gasteiger partial charge in [0, 0.05) is 25.2 Å². The molecule has 1 N–H and O–H groups in total. The summed E-state index contributed by atoms with van der Waals surface area (Å²) in [6.07, 6.45) is 0.967. The first-order valence-corrected chi connectivity index (χ1v) is 9.20. The van der Waals surface area contributed by atoms with Crippen molar-refractivity contribution in [2.75, 3.05) is 34.1 Å². The molecule has 27 heavy (non-hydrogen) atoms. The first kappa shape index (κ1) is 20.1. The molecule has 3 rings (SSSR count). The van der Waals surface area contributed by atoms with Crippen LogP contribution in [0.15, 0.2) is 17.9 Å². The molecule has 2 heterocycles. The van der Waals surface area contributed by atoms with Gasteiger partial charge >= 0.3 is 0 Å². The van der Waals surface area contributed by atoms with Crippen LogP contribution >= 0.6 is 11.6 Å². The van der Waals surface area contributed by atoms with E-state index < -0.39 is 5.54 Å². The zero-order valence-electron chi connectivity index (χ0n) is 16.0. The number of amides is 1. The number of aliphatic hydroxyl groups excluding tert-OH is 1. The van der Waals surface area contributed by atoms with Crippen molar-refractivity contribution in [2.45, 2.75) is 32.2 Å². The summed E-state index contributed by atoms with van der Waals surface area (Å²) >= 11 is 6.14. The number of aryl methyl sites for hydroxylation is 2. The molecule has 1 fully saturated rings. The molecule has 8 heteroatoms. The van der Waals surface area contributed by atoms with Crippen molar-refractivity contribution in [1.82, 2.24) is 10.1 Å². The number of benzene rings is 1. The number of hydroxylamine groups is 4. The van der Waals surface area contributed by atoms with E-state index in [4.69, 9.17) is 26.0 Å². The lowest BCUT2D eigenvalue weighted by molar-refractivity contribution is -0.259. The molecule has 148 valence electrons. The van der Waals surface area contributed by atoms with Crippen LogP contribution in [-0.4, -0.2) is 60.8 Å². The maximum absolute atomic E-state index is 13.3. The zero-order valence-corrected chi connectivity index (χ0v) is 16.8. The lowest BCUT2D eigenvalue weighted by Crippen LogP contribution is -2.55. The second-order valence-electron chi connectivity index (χ2n) is 6.92. The monoisotopic (exact) mass is 396 g/mol. The molecule has 1 aromatic carbocycles. The van der Waals surface area contributed by atoms with Gasteiger partial charge in [0.25, 0.3) is 5.91 Å². The van der Waals surface area contributed by atoms with Gasteiger partial charge in [-0.15, -0.1) is 0 Å². The van der Waals surface area contributed by atoms with Crippen molar-refractivity contribution < 1.29 is 24.3 Å². The number of rotatable bonds is 5. The average Bonchev–Trinajstić information content (AvgIpc) is 2.82. The van der Waals surface area contributed by atoms with Crippen molar-refractivity contribution in [1.29, 1.82) is 0 Å². The molecule has 1 amide bonds. The van der Waals surface area contributed by atoms with Crippen LogP contribution < -0.4 is 0 Å². The minimum atomic E-state index is -0.932. The number of methoxy groups -OCH3 is 1. The van der Waals surface area contributed by atoms with Gasteiger partial charge in [-0.2, -0.15) is 5.06 Å². The molecule has 0 aromatic heterocycles. The summed E-state index contributed by atoms with van der Waals surface area (Å²) in [5, 5.41) is 14.9. The Hall–Kier alpha value is -1.64. The van der Waals surface area contributed by atoms with E-state index in [1.807, 2.05) is 13.8 Å². The molecular formula is C19H25ClN2O5. The van der Waals surface area contributed by atoms with Crippen LogP contribution in [0.1, 0.15) is 29.5 Å². The number of carbonyl (C=O) groups is 1. The highest BCUT2D eigenvalue weighted by Crippen LogP contribution is 2.46. The second kappa shape index (κ2) is 7.77. The van der Waals surface area contributed by atoms with Crippen molar-refractivity contribution in [2.24, 2.45) is 0 Å². The number of aliphatic hydroxyl groups is 1. The molecule has 0 unspecified atom stereocenters. The number of hydrogen-bond donors (Lipinski definition) is 1. The summed E-state index contributed by atoms with van der Waals surface area (Å²) in [5.74, 6) is -0.336. The largest absolute Gasteiger partial charge is 0.509 e. The van der Waals surface area contributed by atoms with Crippen LogP contribution in [0.5, 0.6) is 0 Å². The third kappa shape index (κ3) is 3.34. The third-order valence-electron chi connectivity index (χ3n) is 5.32. The first-order chi connectivity index (χ1) is 12.9. The topological polar surface area (TPSA) is 71.5 Å². The third-order valence-corrected chi connectivity index (χ3v) is 5.54. The predicted molar refractivity (Wildman–Crippen MR) is 101 cm³/mol. The molecule has 1 spiro atoms. The molecule has 0 atom stereocenters. The maximum Gasteiger partial charge on any atom is 0.282 e. The SMILES string of the molecule is COCON1C(=O)C(c2c(C)cc(Cl)cc2C)=C(O)C12CCN(OC)CC2. The molecule has 1 saturated heterocycles. The summed E-state index contributed by atoms with van der Waals surface area (Å²) in [7, 11) is 3.10. The fraction of sp³-hybridized carbons (Fsp3) is 0.526. The Labute approximate surface area is 164 Å². The van der Waals surface area contributed by atoms with Gasteiger partial charge in [0.15, 0.2) is 6.79 Å². The quantitative estimate of drug-likeness (QED) is 0.771. The molecule has 0 aliphatic carbocycles. The standard InChI is InChI=1S/C19H25ClN2O5/c1-12-9-14(20)10-13(2)15(12)16-17(23)19(5-7-21(26-4)8-6-19)22(18(16)24)27-11-25-3/h9-10,23H,5-8,11H2,1-4H3. The molecular weight excluding hydrogens is 372 g/mol. The summed E-state index contributed by atoms with van der Waals surface area (Å²) in [6.45, 7) is 4.79. The lowest BCUT2D eigenvalue weighted by atomic mass is 9.85. The van der Waals surface area contributed by atoms with Crippen molar-refractivity contribution >= 4 is 23.1 Å². The Kier molecular flexibility index (Phi) is 5.79. The number of carbonyl (C=O) groups excluding carboxylic acids is 1. The molecule has 2 aliphatic rings. The van der Waals surface area contributed by atoms with Crippen molar-refractivity contribution in [3.63, 3.8) is 0 Å². The Morgan fingerprint density at radius 3 is 2.30 bits per heavy atom. The van der Waals surface area contributed by atoms with E-state index in [0.29, 0.717) is 36.5 Å². The van der Waals surface area contributed by atoms with Crippen LogP contribution in [0, 0.1) is 13.8 Å². The second-order valence-corrected chi connectivity index (χ2v) is 7.35. The van der Waals surface area contributed by atoms with Gasteiger partial charge in [0.1, 0.15) is 11.3 Å². The van der Waals surface area contributed by atoms with Crippen molar-refractivity contribution in [3.8, 4) is 0 Å². The van der Waals surface area contributed by atoms with Crippen LogP contribution in [0.2, 0.25) is 5.02 Å². The molecule has 0 saturated carbocycles. The van der Waals surface area contributed by atoms with Crippen LogP contribution in [0.4, 0.5) is 0 Å². The van der Waals surface area contributed by atoms with E-state index >= 15 is 0 Å². The van der Waals surface area contributed by atoms with Gasteiger partial charge in [-0.25, -0.2) is 9.90 Å². The smallest absolute Gasteiger partial charge is 0.282 e. The fourth-order valence-electron chi connectivity index (χ4n) is 4.02. The van der Waals surface area contributed by atoms with E-state index in [0.717, 1.165) is 11.1 Å². The van der Waals surface area contributed by atoms with E-state index in [9.17, 15) is 9.90 Å². The Morgan fingerprint density at radius 1 is 1.19 bits per heavy atom. The van der Waals surface area contributed by atoms with Crippen LogP contribution in [0.25, 0.3) is 5.57 Å². The molecule has 0 radical (unpaired) electrons. The van der Waals surface area contributed by atoms with Gasteiger partial charge in [-0.05, 0) is 55.5 Å². The number of halogens is 1. The number of piperidine rings is 1. The van der Waals surface area contributed by atoms with Gasteiger partial charge in [0.2, 0.25) is 0 Å². The first-order valence-electron chi connectivity index (χ1n) is 8.82. The molecule has 2 aliphatic heterocycles. The fourth-order valence-corrected chi connectivity index (χ4v) is 4.35. The minimum Gasteiger partial charge on any atom is -0.509 e. The van der Waals surface area contributed by atoms with Gasteiger partial charge in [0.05, 0.1) is 12.7 Å². The average molecular weight is 397 g/mol. The highest BCUT2D eigenvalue weighted by Gasteiger charge is 2.55. The van der Waals surface area contributed by atoms with Gasteiger partial charge in [-0.3, -0.25) is 4.79 Å². The van der Waals surface area contributed by atoms with Crippen molar-refractivity contribution in [3.05, 3.63) is 39.6 Å². The van der Waals surface area contributed by atoms with Gasteiger partial charge in [-0.1, -0.05) is 11.6 Å². The normalized spacial score (nSPS) is 20.2. The van der Waals surface area contributed by atoms with E-state index in [1.54, 1.807) is 24.3 Å². The number of nitrogens with zero attached hydrogens (tertiary/aromatic N) is 2. The van der Waals surface area contributed by atoms with Gasteiger partial charge < -0.3 is 14.7 Å². The minimum absolute atomic E-state index is 0.0351. The summed E-state index contributed by atoms with van der Waals surface area (Å²) < 4.78 is 5.00. The van der Waals surface area contributed by atoms with E-state index in [2.05, 4.69) is 0 Å². The predicted octanol–water partition coefficient (Wildman–Crippen LogP) is 3.00. The lowest BCUT2D eigenvalue weighted by Gasteiger charge is -2.42. The number of hydrogen-bond acceptors (Lipinski definition) is 6. The van der Waals surface area contributed by atoms with Crippen LogP contribution in [0.3, 0.4) is 0 Å². The Morgan fingerprint density at radius 2 is 1.78 bits per heavy atom. The van der Waals surface area contributed by atoms with E-state index in [-0.39, 0.29) is 24.0 Å². The Bertz CT molecular complexity index is 748. The summed E-state index contributed by atoms with van der Waals surface area (Å²) in [4.78, 5) is 24.2. The Balaban J connectivity index is 2.10.